The Labute approximate surface area is 181 Å². The first-order valence-corrected chi connectivity index (χ1v) is 10.6. The zero-order valence-electron chi connectivity index (χ0n) is 17.9. The Morgan fingerprint density at radius 3 is 2.26 bits per heavy atom. The van der Waals surface area contributed by atoms with Crippen LogP contribution in [0, 0.1) is 15.9 Å². The average molecular weight is 430 g/mol. The fraction of sp³-hybridized carbons (Fsp3) is 0.524. The number of nitrogens with zero attached hydrogens (tertiary/aromatic N) is 7. The van der Waals surface area contributed by atoms with E-state index < -0.39 is 0 Å². The van der Waals surface area contributed by atoms with E-state index >= 15 is 0 Å². The van der Waals surface area contributed by atoms with Gasteiger partial charge in [-0.05, 0) is 57.2 Å². The van der Waals surface area contributed by atoms with Gasteiger partial charge in [0.05, 0.1) is 4.92 Å². The van der Waals surface area contributed by atoms with Gasteiger partial charge < -0.3 is 19.6 Å². The van der Waals surface area contributed by atoms with Gasteiger partial charge in [-0.3, -0.25) is 10.1 Å². The molecule has 166 valence electrons. The van der Waals surface area contributed by atoms with Gasteiger partial charge in [-0.1, -0.05) is 0 Å². The second-order valence-electron chi connectivity index (χ2n) is 8.22. The van der Waals surface area contributed by atoms with Gasteiger partial charge in [-0.25, -0.2) is 14.4 Å². The number of aromatic nitrogens is 2. The normalized spacial score (nSPS) is 18.3. The molecule has 0 aliphatic carbocycles. The van der Waals surface area contributed by atoms with Crippen molar-refractivity contribution in [1.29, 1.82) is 0 Å². The molecule has 0 N–H and O–H groups in total. The third-order valence-electron chi connectivity index (χ3n) is 6.31. The minimum Gasteiger partial charge on any atom is -0.368 e. The zero-order chi connectivity index (χ0) is 22.0. The van der Waals surface area contributed by atoms with Crippen molar-refractivity contribution < 1.29 is 9.31 Å². The number of hydrogen-bond acceptors (Lipinski definition) is 8. The van der Waals surface area contributed by atoms with Gasteiger partial charge in [0, 0.05) is 45.0 Å². The van der Waals surface area contributed by atoms with E-state index in [2.05, 4.69) is 26.8 Å². The summed E-state index contributed by atoms with van der Waals surface area (Å²) in [4.78, 5) is 28.6. The van der Waals surface area contributed by atoms with Crippen LogP contribution in [0.15, 0.2) is 30.6 Å². The van der Waals surface area contributed by atoms with Crippen LogP contribution in [-0.4, -0.2) is 79.2 Å². The van der Waals surface area contributed by atoms with Gasteiger partial charge >= 0.3 is 5.69 Å². The molecule has 0 spiro atoms. The predicted molar refractivity (Wildman–Crippen MR) is 118 cm³/mol. The molecule has 2 aliphatic heterocycles. The van der Waals surface area contributed by atoms with E-state index in [4.69, 9.17) is 0 Å². The van der Waals surface area contributed by atoms with E-state index in [-0.39, 0.29) is 22.5 Å². The number of piperazine rings is 1. The number of nitro groups is 1. The van der Waals surface area contributed by atoms with Crippen LogP contribution in [0.3, 0.4) is 0 Å². The van der Waals surface area contributed by atoms with Crippen molar-refractivity contribution in [2.45, 2.75) is 18.9 Å². The number of hydrogen-bond donors (Lipinski definition) is 0. The van der Waals surface area contributed by atoms with Gasteiger partial charge in [0.2, 0.25) is 11.6 Å². The van der Waals surface area contributed by atoms with Crippen LogP contribution in [0.2, 0.25) is 0 Å². The predicted octanol–water partition coefficient (Wildman–Crippen LogP) is 2.38. The molecule has 9 nitrogen and oxygen atoms in total. The van der Waals surface area contributed by atoms with Gasteiger partial charge in [0.1, 0.15) is 12.1 Å². The molecule has 2 saturated heterocycles. The lowest BCUT2D eigenvalue weighted by Crippen LogP contribution is -2.47. The van der Waals surface area contributed by atoms with Crippen LogP contribution in [0.1, 0.15) is 12.8 Å². The summed E-state index contributed by atoms with van der Waals surface area (Å²) in [6.07, 6.45) is 3.31. The van der Waals surface area contributed by atoms with E-state index in [9.17, 15) is 14.5 Å². The second-order valence-corrected chi connectivity index (χ2v) is 8.22. The highest BCUT2D eigenvalue weighted by molar-refractivity contribution is 5.71. The molecule has 31 heavy (non-hydrogen) atoms. The summed E-state index contributed by atoms with van der Waals surface area (Å²) >= 11 is 0. The number of piperidine rings is 1. The first-order valence-electron chi connectivity index (χ1n) is 10.6. The van der Waals surface area contributed by atoms with Gasteiger partial charge in [-0.2, -0.15) is 0 Å². The lowest BCUT2D eigenvalue weighted by atomic mass is 10.0. The molecule has 2 aromatic rings. The first kappa shape index (κ1) is 21.2. The molecule has 10 heteroatoms. The zero-order valence-corrected chi connectivity index (χ0v) is 17.9. The van der Waals surface area contributed by atoms with Gasteiger partial charge in [-0.15, -0.1) is 0 Å². The Bertz CT molecular complexity index is 910. The number of rotatable bonds is 5. The third kappa shape index (κ3) is 4.53. The first-order chi connectivity index (χ1) is 14.9. The van der Waals surface area contributed by atoms with Gasteiger partial charge in [0.15, 0.2) is 0 Å². The van der Waals surface area contributed by atoms with Crippen molar-refractivity contribution >= 4 is 23.0 Å². The highest BCUT2D eigenvalue weighted by Crippen LogP contribution is 2.36. The van der Waals surface area contributed by atoms with Crippen LogP contribution in [0.4, 0.5) is 27.4 Å². The monoisotopic (exact) mass is 429 g/mol. The van der Waals surface area contributed by atoms with Crippen molar-refractivity contribution in [3.63, 3.8) is 0 Å². The largest absolute Gasteiger partial charge is 0.368 e. The van der Waals surface area contributed by atoms with Crippen molar-refractivity contribution in [2.24, 2.45) is 0 Å². The molecule has 1 aromatic carbocycles. The molecule has 0 amide bonds. The van der Waals surface area contributed by atoms with Crippen molar-refractivity contribution in [3.8, 4) is 0 Å². The smallest absolute Gasteiger partial charge is 0.353 e. The average Bonchev–Trinajstić information content (AvgIpc) is 2.79. The minimum absolute atomic E-state index is 0.0286. The number of benzene rings is 1. The van der Waals surface area contributed by atoms with Crippen LogP contribution in [0.25, 0.3) is 0 Å². The molecule has 0 atom stereocenters. The molecule has 0 bridgehead atoms. The Balaban J connectivity index is 1.53. The highest BCUT2D eigenvalue weighted by atomic mass is 19.1. The van der Waals surface area contributed by atoms with Crippen molar-refractivity contribution in [3.05, 3.63) is 46.5 Å². The molecule has 2 fully saturated rings. The molecule has 4 rings (SSSR count). The molecule has 0 unspecified atom stereocenters. The quantitative estimate of drug-likeness (QED) is 0.529. The summed E-state index contributed by atoms with van der Waals surface area (Å²) in [5.74, 6) is 0.485. The fourth-order valence-electron chi connectivity index (χ4n) is 4.40. The van der Waals surface area contributed by atoms with E-state index in [1.54, 1.807) is 12.1 Å². The fourth-order valence-corrected chi connectivity index (χ4v) is 4.40. The number of anilines is 3. The SMILES string of the molecule is CN1CCC(N(C)c2ncnc(N3CCN(c4ccc(F)cc4)CC3)c2[N+](=O)[O-])CC1. The lowest BCUT2D eigenvalue weighted by Gasteiger charge is -2.37. The lowest BCUT2D eigenvalue weighted by molar-refractivity contribution is -0.383. The molecule has 3 heterocycles. The molecular formula is C21H28FN7O2. The summed E-state index contributed by atoms with van der Waals surface area (Å²) in [5, 5.41) is 12.1. The van der Waals surface area contributed by atoms with Crippen LogP contribution >= 0.6 is 0 Å². The molecule has 0 radical (unpaired) electrons. The summed E-state index contributed by atoms with van der Waals surface area (Å²) < 4.78 is 13.2. The highest BCUT2D eigenvalue weighted by Gasteiger charge is 2.33. The van der Waals surface area contributed by atoms with Crippen molar-refractivity contribution in [2.75, 3.05) is 68.1 Å². The van der Waals surface area contributed by atoms with Gasteiger partial charge in [0.25, 0.3) is 0 Å². The maximum Gasteiger partial charge on any atom is 0.353 e. The topological polar surface area (TPSA) is 81.9 Å². The number of halogens is 1. The molecular weight excluding hydrogens is 401 g/mol. The molecule has 0 saturated carbocycles. The maximum absolute atomic E-state index is 13.2. The van der Waals surface area contributed by atoms with E-state index in [1.807, 2.05) is 16.8 Å². The Morgan fingerprint density at radius 2 is 1.65 bits per heavy atom. The van der Waals surface area contributed by atoms with Crippen LogP contribution in [-0.2, 0) is 0 Å². The van der Waals surface area contributed by atoms with Crippen molar-refractivity contribution in [1.82, 2.24) is 14.9 Å². The van der Waals surface area contributed by atoms with E-state index in [1.165, 1.54) is 18.5 Å². The van der Waals surface area contributed by atoms with Crippen LogP contribution < -0.4 is 14.7 Å². The molecule has 1 aromatic heterocycles. The van der Waals surface area contributed by atoms with E-state index in [0.29, 0.717) is 37.8 Å². The standard InChI is InChI=1S/C21H28FN7O2/c1-25-9-7-17(8-10-25)26(2)20-19(29(30)31)21(24-15-23-20)28-13-11-27(12-14-28)18-5-3-16(22)4-6-18/h3-6,15,17H,7-14H2,1-2H3. The Kier molecular flexibility index (Phi) is 6.17. The maximum atomic E-state index is 13.2. The Hall–Kier alpha value is -3.01. The summed E-state index contributed by atoms with van der Waals surface area (Å²) in [7, 11) is 3.98. The van der Waals surface area contributed by atoms with E-state index in [0.717, 1.165) is 31.6 Å². The molecule has 2 aliphatic rings. The summed E-state index contributed by atoms with van der Waals surface area (Å²) in [6, 6.07) is 6.62. The van der Waals surface area contributed by atoms with Crippen LogP contribution in [0.5, 0.6) is 0 Å². The summed E-state index contributed by atoms with van der Waals surface area (Å²) in [5.41, 5.74) is 0.917. The second kappa shape index (κ2) is 9.01. The Morgan fingerprint density at radius 1 is 1.03 bits per heavy atom. The third-order valence-corrected chi connectivity index (χ3v) is 6.31. The number of likely N-dealkylation sites (tertiary alicyclic amines) is 1. The minimum atomic E-state index is -0.359. The summed E-state index contributed by atoms with van der Waals surface area (Å²) in [6.45, 7) is 4.46.